The molecule has 1 aliphatic rings. The fourth-order valence-electron chi connectivity index (χ4n) is 2.53. The number of amides is 1. The van der Waals surface area contributed by atoms with E-state index >= 15 is 0 Å². The van der Waals surface area contributed by atoms with Gasteiger partial charge in [0.2, 0.25) is 0 Å². The Morgan fingerprint density at radius 1 is 1.45 bits per heavy atom. The predicted molar refractivity (Wildman–Crippen MR) is 75.3 cm³/mol. The molecule has 2 rings (SSSR count). The second-order valence-corrected chi connectivity index (χ2v) is 4.78. The highest BCUT2D eigenvalue weighted by molar-refractivity contribution is 5.95. The summed E-state index contributed by atoms with van der Waals surface area (Å²) in [5.41, 5.74) is 0.561. The van der Waals surface area contributed by atoms with Crippen LogP contribution in [0, 0.1) is 0 Å². The molecular weight excluding hydrogens is 258 g/mol. The second kappa shape index (κ2) is 6.61. The van der Waals surface area contributed by atoms with Gasteiger partial charge in [-0.15, -0.1) is 0 Å². The normalized spacial score (nSPS) is 18.1. The highest BCUT2D eigenvalue weighted by Crippen LogP contribution is 2.29. The van der Waals surface area contributed by atoms with E-state index in [2.05, 4.69) is 0 Å². The van der Waals surface area contributed by atoms with E-state index in [9.17, 15) is 9.90 Å². The van der Waals surface area contributed by atoms with Crippen LogP contribution < -0.4 is 9.47 Å². The first-order valence-corrected chi connectivity index (χ1v) is 6.94. The van der Waals surface area contributed by atoms with Gasteiger partial charge in [0, 0.05) is 12.1 Å². The molecule has 1 heterocycles. The van der Waals surface area contributed by atoms with Crippen molar-refractivity contribution in [1.29, 1.82) is 0 Å². The summed E-state index contributed by atoms with van der Waals surface area (Å²) in [6.07, 6.45) is 1.79. The maximum Gasteiger partial charge on any atom is 0.254 e. The number of aliphatic hydroxyl groups excluding tert-OH is 1. The van der Waals surface area contributed by atoms with Crippen molar-refractivity contribution in [3.8, 4) is 11.5 Å². The number of rotatable bonds is 5. The number of benzene rings is 1. The molecule has 1 amide bonds. The molecule has 0 aliphatic carbocycles. The number of likely N-dealkylation sites (tertiary alicyclic amines) is 1. The topological polar surface area (TPSA) is 59.0 Å². The molecule has 0 bridgehead atoms. The van der Waals surface area contributed by atoms with Gasteiger partial charge >= 0.3 is 0 Å². The Hall–Kier alpha value is -1.75. The molecule has 0 radical (unpaired) electrons. The van der Waals surface area contributed by atoms with E-state index in [0.29, 0.717) is 30.2 Å². The first-order chi connectivity index (χ1) is 9.71. The van der Waals surface area contributed by atoms with Crippen molar-refractivity contribution in [2.45, 2.75) is 25.8 Å². The van der Waals surface area contributed by atoms with E-state index in [-0.39, 0.29) is 18.6 Å². The molecule has 110 valence electrons. The molecule has 0 spiro atoms. The van der Waals surface area contributed by atoms with Gasteiger partial charge in [-0.25, -0.2) is 0 Å². The number of carbonyl (C=O) groups is 1. The highest BCUT2D eigenvalue weighted by atomic mass is 16.5. The van der Waals surface area contributed by atoms with E-state index in [0.717, 1.165) is 12.8 Å². The molecule has 1 aliphatic heterocycles. The van der Waals surface area contributed by atoms with Crippen LogP contribution in [0.15, 0.2) is 18.2 Å². The van der Waals surface area contributed by atoms with Crippen LogP contribution in [0.25, 0.3) is 0 Å². The van der Waals surface area contributed by atoms with Crippen LogP contribution in [0.4, 0.5) is 0 Å². The Morgan fingerprint density at radius 2 is 2.25 bits per heavy atom. The molecule has 1 unspecified atom stereocenters. The third-order valence-corrected chi connectivity index (χ3v) is 3.56. The lowest BCUT2D eigenvalue weighted by Crippen LogP contribution is -2.37. The van der Waals surface area contributed by atoms with Crippen LogP contribution >= 0.6 is 0 Å². The van der Waals surface area contributed by atoms with Gasteiger partial charge in [-0.3, -0.25) is 4.79 Å². The van der Waals surface area contributed by atoms with Gasteiger partial charge < -0.3 is 19.5 Å². The lowest BCUT2D eigenvalue weighted by molar-refractivity contribution is 0.0677. The molecule has 1 atom stereocenters. The Kier molecular flexibility index (Phi) is 4.84. The summed E-state index contributed by atoms with van der Waals surface area (Å²) in [7, 11) is 1.55. The Morgan fingerprint density at radius 3 is 2.90 bits per heavy atom. The standard InChI is InChI=1S/C15H21NO4/c1-3-20-13-7-6-11(9-14(13)19-2)15(18)16-8-4-5-12(16)10-17/h6-7,9,12,17H,3-5,8,10H2,1-2H3. The van der Waals surface area contributed by atoms with Crippen molar-refractivity contribution in [2.75, 3.05) is 26.9 Å². The minimum atomic E-state index is -0.0694. The van der Waals surface area contributed by atoms with Crippen LogP contribution in [-0.4, -0.2) is 48.8 Å². The minimum Gasteiger partial charge on any atom is -0.493 e. The van der Waals surface area contributed by atoms with Gasteiger partial charge in [-0.2, -0.15) is 0 Å². The molecule has 0 saturated carbocycles. The Balaban J connectivity index is 2.22. The van der Waals surface area contributed by atoms with Crippen molar-refractivity contribution in [2.24, 2.45) is 0 Å². The maximum absolute atomic E-state index is 12.5. The lowest BCUT2D eigenvalue weighted by atomic mass is 10.1. The number of aliphatic hydroxyl groups is 1. The average molecular weight is 279 g/mol. The van der Waals surface area contributed by atoms with Crippen molar-refractivity contribution in [3.63, 3.8) is 0 Å². The molecule has 0 aromatic heterocycles. The number of hydrogen-bond donors (Lipinski definition) is 1. The largest absolute Gasteiger partial charge is 0.493 e. The highest BCUT2D eigenvalue weighted by Gasteiger charge is 2.29. The van der Waals surface area contributed by atoms with E-state index in [1.807, 2.05) is 6.92 Å². The zero-order valence-corrected chi connectivity index (χ0v) is 12.0. The summed E-state index contributed by atoms with van der Waals surface area (Å²) in [6, 6.07) is 5.11. The smallest absolute Gasteiger partial charge is 0.254 e. The molecule has 1 aromatic rings. The quantitative estimate of drug-likeness (QED) is 0.891. The number of nitrogens with zero attached hydrogens (tertiary/aromatic N) is 1. The summed E-state index contributed by atoms with van der Waals surface area (Å²) >= 11 is 0. The van der Waals surface area contributed by atoms with Crippen LogP contribution in [0.2, 0.25) is 0 Å². The summed E-state index contributed by atoms with van der Waals surface area (Å²) in [6.45, 7) is 3.15. The summed E-state index contributed by atoms with van der Waals surface area (Å²) in [4.78, 5) is 14.2. The maximum atomic E-state index is 12.5. The number of carbonyl (C=O) groups excluding carboxylic acids is 1. The minimum absolute atomic E-state index is 0.0138. The monoisotopic (exact) mass is 279 g/mol. The Labute approximate surface area is 119 Å². The third-order valence-electron chi connectivity index (χ3n) is 3.56. The Bertz CT molecular complexity index is 475. The molecule has 20 heavy (non-hydrogen) atoms. The second-order valence-electron chi connectivity index (χ2n) is 4.78. The average Bonchev–Trinajstić information content (AvgIpc) is 2.95. The van der Waals surface area contributed by atoms with Gasteiger partial charge in [0.25, 0.3) is 5.91 Å². The first-order valence-electron chi connectivity index (χ1n) is 6.94. The van der Waals surface area contributed by atoms with Gasteiger partial charge in [0.1, 0.15) is 0 Å². The van der Waals surface area contributed by atoms with Crippen molar-refractivity contribution in [1.82, 2.24) is 4.90 Å². The number of methoxy groups -OCH3 is 1. The lowest BCUT2D eigenvalue weighted by Gasteiger charge is -2.23. The van der Waals surface area contributed by atoms with Gasteiger partial charge in [0.15, 0.2) is 11.5 Å². The zero-order valence-electron chi connectivity index (χ0n) is 12.0. The predicted octanol–water partition coefficient (Wildman–Crippen LogP) is 1.69. The fraction of sp³-hybridized carbons (Fsp3) is 0.533. The number of hydrogen-bond acceptors (Lipinski definition) is 4. The van der Waals surface area contributed by atoms with E-state index < -0.39 is 0 Å². The van der Waals surface area contributed by atoms with Crippen molar-refractivity contribution >= 4 is 5.91 Å². The molecule has 1 aromatic carbocycles. The summed E-state index contributed by atoms with van der Waals surface area (Å²) < 4.78 is 10.7. The third kappa shape index (κ3) is 2.88. The molecule has 1 N–H and O–H groups in total. The first kappa shape index (κ1) is 14.7. The molecule has 1 saturated heterocycles. The van der Waals surface area contributed by atoms with Gasteiger partial charge in [-0.1, -0.05) is 0 Å². The fourth-order valence-corrected chi connectivity index (χ4v) is 2.53. The molecule has 5 nitrogen and oxygen atoms in total. The van der Waals surface area contributed by atoms with Crippen molar-refractivity contribution in [3.05, 3.63) is 23.8 Å². The van der Waals surface area contributed by atoms with Crippen LogP contribution in [0.3, 0.4) is 0 Å². The van der Waals surface area contributed by atoms with Gasteiger partial charge in [-0.05, 0) is 38.0 Å². The van der Waals surface area contributed by atoms with E-state index in [4.69, 9.17) is 9.47 Å². The van der Waals surface area contributed by atoms with Crippen LogP contribution in [0.1, 0.15) is 30.1 Å². The van der Waals surface area contributed by atoms with E-state index in [1.54, 1.807) is 30.2 Å². The molecule has 5 heteroatoms. The van der Waals surface area contributed by atoms with Crippen LogP contribution in [0.5, 0.6) is 11.5 Å². The summed E-state index contributed by atoms with van der Waals surface area (Å²) in [5.74, 6) is 1.12. The molecular formula is C15H21NO4. The SMILES string of the molecule is CCOc1ccc(C(=O)N2CCCC2CO)cc1OC. The van der Waals surface area contributed by atoms with E-state index in [1.165, 1.54) is 0 Å². The van der Waals surface area contributed by atoms with Gasteiger partial charge in [0.05, 0.1) is 26.4 Å². The summed E-state index contributed by atoms with van der Waals surface area (Å²) in [5, 5.41) is 9.31. The number of ether oxygens (including phenoxy) is 2. The van der Waals surface area contributed by atoms with Crippen molar-refractivity contribution < 1.29 is 19.4 Å². The molecule has 1 fully saturated rings. The zero-order chi connectivity index (χ0) is 14.5. The van der Waals surface area contributed by atoms with Crippen LogP contribution in [-0.2, 0) is 0 Å².